The predicted octanol–water partition coefficient (Wildman–Crippen LogP) is 4.31. The lowest BCUT2D eigenvalue weighted by Gasteiger charge is -2.47. The number of Topliss-reactive ketones (excluding diaryl/α,β-unsaturated/α-hetero) is 4. The van der Waals surface area contributed by atoms with Crippen LogP contribution in [0, 0.1) is 11.8 Å². The minimum atomic E-state index is -2.15. The maximum absolute atomic E-state index is 16.2. The Morgan fingerprint density at radius 3 is 2.02 bits per heavy atom. The second-order valence-corrected chi connectivity index (χ2v) is 31.9. The second-order valence-electron chi connectivity index (χ2n) is 31.1. The van der Waals surface area contributed by atoms with E-state index in [2.05, 4.69) is 26.6 Å². The normalized spacial score (nSPS) is 25.4. The van der Waals surface area contributed by atoms with Crippen LogP contribution in [0.1, 0.15) is 154 Å². The number of aromatic hydroxyl groups is 4. The summed E-state index contributed by atoms with van der Waals surface area (Å²) in [5, 5.41) is 128. The molecule has 12 rings (SSSR count). The highest BCUT2D eigenvalue weighted by atomic mass is 35.5. The fourth-order valence-electron chi connectivity index (χ4n) is 14.9. The van der Waals surface area contributed by atoms with Gasteiger partial charge in [-0.05, 0) is 141 Å². The van der Waals surface area contributed by atoms with Gasteiger partial charge in [0.1, 0.15) is 95.0 Å². The zero-order chi connectivity index (χ0) is 89.9. The number of nitrogens with two attached hydrogens (primary N) is 3. The Hall–Kier alpha value is -10.7. The minimum absolute atomic E-state index is 0.0416. The first-order chi connectivity index (χ1) is 58.2. The Labute approximate surface area is 714 Å². The molecule has 9 bridgehead atoms. The number of aliphatic hydroxyl groups excluding tert-OH is 6. The van der Waals surface area contributed by atoms with E-state index < -0.39 is 253 Å². The second kappa shape index (κ2) is 41.2. The molecule has 21 N–H and O–H groups in total. The van der Waals surface area contributed by atoms with Crippen LogP contribution in [0.3, 0.4) is 0 Å². The lowest BCUT2D eigenvalue weighted by atomic mass is 9.84. The number of anilines is 1. The monoisotopic (exact) mass is 1750 g/mol. The number of fused-ring (bicyclic) bond motifs is 16. The summed E-state index contributed by atoms with van der Waals surface area (Å²) in [4.78, 5) is 143. The first-order valence-electron chi connectivity index (χ1n) is 39.3. The predicted molar refractivity (Wildman–Crippen MR) is 435 cm³/mol. The quantitative estimate of drug-likeness (QED) is 0.0266. The highest BCUT2D eigenvalue weighted by Crippen LogP contribution is 2.51. The average molecular weight is 1760 g/mol. The van der Waals surface area contributed by atoms with Crippen molar-refractivity contribution in [2.75, 3.05) is 52.5 Å². The van der Waals surface area contributed by atoms with Gasteiger partial charge in [-0.25, -0.2) is 0 Å². The number of hydrogen-bond donors (Lipinski definition) is 18. The van der Waals surface area contributed by atoms with Gasteiger partial charge in [0.05, 0.1) is 79.4 Å². The van der Waals surface area contributed by atoms with Crippen molar-refractivity contribution in [3.63, 3.8) is 0 Å². The third-order valence-electron chi connectivity index (χ3n) is 21.4. The summed E-state index contributed by atoms with van der Waals surface area (Å²) in [7, 11) is 2.74. The summed E-state index contributed by atoms with van der Waals surface area (Å²) < 4.78 is 55.0. The number of phenols is 4. The Bertz CT molecular complexity index is 4960. The third kappa shape index (κ3) is 22.8. The average Bonchev–Trinajstić information content (AvgIpc) is 0.768. The van der Waals surface area contributed by atoms with Gasteiger partial charge in [-0.15, -0.1) is 0 Å². The molecule has 1 unspecified atom stereocenters. The van der Waals surface area contributed by atoms with E-state index in [1.807, 2.05) is 13.8 Å². The molecule has 6 aromatic rings. The highest BCUT2D eigenvalue weighted by molar-refractivity contribution is 6.32. The smallest absolute Gasteiger partial charge is 0.256 e. The van der Waals surface area contributed by atoms with Crippen molar-refractivity contribution in [2.45, 2.75) is 183 Å². The van der Waals surface area contributed by atoms with Gasteiger partial charge in [-0.1, -0.05) is 55.2 Å². The van der Waals surface area contributed by atoms with Gasteiger partial charge >= 0.3 is 0 Å². The van der Waals surface area contributed by atoms with Crippen LogP contribution in [-0.4, -0.2) is 224 Å². The Morgan fingerprint density at radius 2 is 1.40 bits per heavy atom. The molecule has 6 aromatic carbocycles. The summed E-state index contributed by atoms with van der Waals surface area (Å²) in [5.41, 5.74) is 14.0. The summed E-state index contributed by atoms with van der Waals surface area (Å²) in [6.45, 7) is 5.73. The summed E-state index contributed by atoms with van der Waals surface area (Å²) >= 11 is 14.3. The fraction of sp³-hybridized carbons (Fsp3) is 0.452. The van der Waals surface area contributed by atoms with Crippen LogP contribution in [0.25, 0.3) is 11.1 Å². The van der Waals surface area contributed by atoms with Gasteiger partial charge in [0.25, 0.3) is 5.91 Å². The molecule has 664 valence electrons. The number of benzene rings is 6. The van der Waals surface area contributed by atoms with Gasteiger partial charge in [-0.2, -0.15) is 0 Å². The number of phenolic OH excluding ortho intramolecular Hbond substituents is 3. The van der Waals surface area contributed by atoms with Crippen LogP contribution in [-0.2, 0) is 66.8 Å². The molecule has 37 nitrogen and oxygen atoms in total. The number of amides is 6. The number of carbonyl (C=O) groups is 10. The van der Waals surface area contributed by atoms with Crippen LogP contribution in [0.4, 0.5) is 5.69 Å². The lowest BCUT2D eigenvalue weighted by molar-refractivity contribution is -0.333. The van der Waals surface area contributed by atoms with E-state index in [0.29, 0.717) is 0 Å². The van der Waals surface area contributed by atoms with Crippen molar-refractivity contribution in [1.29, 1.82) is 0 Å². The first kappa shape index (κ1) is 94.5. The van der Waals surface area contributed by atoms with Crippen molar-refractivity contribution in [1.82, 2.24) is 21.3 Å². The zero-order valence-electron chi connectivity index (χ0n) is 67.9. The molecule has 0 spiro atoms. The number of hydrogen-bond acceptors (Lipinski definition) is 31. The molecule has 6 amide bonds. The number of carbonyl (C=O) groups excluding carboxylic acids is 10. The summed E-state index contributed by atoms with van der Waals surface area (Å²) in [6, 6.07) is 10.4. The number of primary amides is 2. The van der Waals surface area contributed by atoms with E-state index in [4.69, 9.17) is 83.0 Å². The first-order valence-corrected chi connectivity index (χ1v) is 40.0. The number of likely N-dealkylation sites (N-methyl/N-ethyl adjacent to an activating group) is 1. The number of halogens is 2. The maximum Gasteiger partial charge on any atom is 0.256 e. The van der Waals surface area contributed by atoms with Gasteiger partial charge in [0.15, 0.2) is 47.0 Å². The van der Waals surface area contributed by atoms with Crippen molar-refractivity contribution in [3.8, 4) is 68.6 Å². The van der Waals surface area contributed by atoms with Crippen LogP contribution in [0.15, 0.2) is 91.0 Å². The molecule has 0 saturated carbocycles. The molecular formula is C84H100Cl2N8O29. The van der Waals surface area contributed by atoms with Crippen molar-refractivity contribution >= 4 is 87.5 Å². The Kier molecular flexibility index (Phi) is 31.6. The van der Waals surface area contributed by atoms with Crippen molar-refractivity contribution in [2.24, 2.45) is 29.0 Å². The van der Waals surface area contributed by atoms with E-state index >= 15 is 14.4 Å². The minimum Gasteiger partial charge on any atom is -0.508 e. The van der Waals surface area contributed by atoms with Crippen molar-refractivity contribution < 1.29 is 142 Å². The van der Waals surface area contributed by atoms with E-state index in [-0.39, 0.29) is 117 Å². The zero-order valence-corrected chi connectivity index (χ0v) is 69.4. The van der Waals surface area contributed by atoms with Gasteiger partial charge in [0.2, 0.25) is 41.6 Å². The van der Waals surface area contributed by atoms with Crippen LogP contribution >= 0.6 is 23.2 Å². The van der Waals surface area contributed by atoms with E-state index in [9.17, 15) is 84.6 Å². The molecule has 39 heteroatoms. The number of ether oxygens (including phenoxy) is 9. The fourth-order valence-corrected chi connectivity index (χ4v) is 15.4. The largest absolute Gasteiger partial charge is 0.508 e. The van der Waals surface area contributed by atoms with Crippen LogP contribution in [0.2, 0.25) is 10.0 Å². The highest BCUT2D eigenvalue weighted by Gasteiger charge is 2.51. The molecule has 2 saturated heterocycles. The molecule has 0 aromatic heterocycles. The number of nitrogens with one attached hydrogen (secondary N) is 5. The molecule has 17 atom stereocenters. The Balaban J connectivity index is 1.10. The number of ketones is 4. The molecule has 6 heterocycles. The molecule has 123 heavy (non-hydrogen) atoms. The van der Waals surface area contributed by atoms with E-state index in [1.54, 1.807) is 0 Å². The van der Waals surface area contributed by atoms with Gasteiger partial charge < -0.3 is 137 Å². The van der Waals surface area contributed by atoms with E-state index in [0.717, 1.165) is 49.4 Å². The van der Waals surface area contributed by atoms with Crippen molar-refractivity contribution in [3.05, 3.63) is 134 Å². The maximum atomic E-state index is 16.2. The number of aliphatic hydroxyl groups is 6. The SMILES string of the molecule is CN[C@H](CC(C)C)C(=O)N[C@H]1C(=O)C[C@@H](CC(N)=O)C(=O)N[C@H]2C(=O)C[C@@H](C(C)=O)c3ccc(O)c(c3)-c3c(O)cc(O)cc3[C@H](C(=O)CCCOCCOCC(=O)Nc3ccc(OC)c(C(N)=O)c3O)NC(=O)C[C@H](O)c3ccc(c(Cl)c3)Oc3cc2cc(c3OC2O[C@@H](CO)[C@@H](O)[C@H](O)[C@@H]2O[C@@H]2C[C@](C)(N)[C@H](O)[C@@H](C)O2)Oc2ccc(cc2Cl)[C@H]1O. The summed E-state index contributed by atoms with van der Waals surface area (Å²) in [6.07, 6.45) is -21.3. The molecule has 2 fully saturated rings. The lowest BCUT2D eigenvalue weighted by Crippen LogP contribution is -2.64. The topological polar surface area (TPSA) is 594 Å². The van der Waals surface area contributed by atoms with Gasteiger partial charge in [-0.3, -0.25) is 47.9 Å². The molecular weight excluding hydrogens is 1660 g/mol. The molecule has 6 aliphatic rings. The molecule has 0 radical (unpaired) electrons. The number of rotatable bonds is 26. The Morgan fingerprint density at radius 1 is 0.740 bits per heavy atom. The number of methoxy groups -OCH3 is 1. The standard InChI is InChI=1S/C84H100Cl2N8O29/c1-36(2)21-51(90-6)82(114)94-72-56(102)25-43(28-64(87)104)81(113)93-70-42-26-61(77(62(27-42)120-59-16-12-41(73(72)107)24-49(59)86)123-83-78(76(110)75(109)63(34-95)121-83)122-67-33-84(5,89)79(111)38(4)118-67)119-58-15-11-40(23-48(58)85)54(100)32-65(105)92-71(47-29-44(97)30-55(101)68(47)46-22-39(10-14-52(46)98)45(37(3)96)31-57(70)103)53(99)9-8-18-116-19-20-117-35-66(106)91-50-13-17-60(115-7)69(74(50)108)80(88)112/h10-17,22-24,26-27,29-30,36,38,43,45,51,54,63,67,70-73,75-76,78-79,83,90,95,97-98,100-101,107-111H,8-9,18-21,25,28,31-35,89H2,1-7H3,(H2,87,104)(H2,88,112)(H,91,106)(H,92,105)(H,93,113)(H,94,114)/t38-,43+,45+,51-,54+,63+,67-,70-,71-,72+,73-,75-,76+,78+,79-,83?,84+/m1/s1. The third-order valence-corrected chi connectivity index (χ3v) is 21.9. The van der Waals surface area contributed by atoms with E-state index in [1.165, 1.54) is 76.5 Å². The molecule has 6 aliphatic heterocycles. The van der Waals surface area contributed by atoms with Gasteiger partial charge in [0, 0.05) is 67.4 Å². The van der Waals surface area contributed by atoms with Crippen LogP contribution < -0.4 is 62.7 Å². The van der Waals surface area contributed by atoms with Crippen LogP contribution in [0.5, 0.6) is 57.5 Å². The molecule has 0 aliphatic carbocycles. The summed E-state index contributed by atoms with van der Waals surface area (Å²) in [5.74, 6) is -18.7.